The molecule has 0 N–H and O–H groups in total. The van der Waals surface area contributed by atoms with Crippen LogP contribution < -0.4 is 4.74 Å². The van der Waals surface area contributed by atoms with Crippen LogP contribution in [-0.2, 0) is 20.9 Å². The fourth-order valence-electron chi connectivity index (χ4n) is 1.09. The molecule has 0 radical (unpaired) electrons. The number of esters is 1. The molecule has 0 saturated carbocycles. The second-order valence-corrected chi connectivity index (χ2v) is 3.32. The van der Waals surface area contributed by atoms with Gasteiger partial charge in [0.1, 0.15) is 0 Å². The number of hydrogen-bond acceptors (Lipinski definition) is 6. The maximum atomic E-state index is 10.5. The molecule has 1 heterocycles. The molecule has 1 aromatic heterocycles. The van der Waals surface area contributed by atoms with E-state index in [9.17, 15) is 4.79 Å². The molecular weight excluding hydrogens is 224 g/mol. The van der Waals surface area contributed by atoms with Crippen molar-refractivity contribution in [3.63, 3.8) is 0 Å². The number of aromatic nitrogens is 2. The highest BCUT2D eigenvalue weighted by molar-refractivity contribution is 5.65. The molecule has 0 spiro atoms. The third-order valence-electron chi connectivity index (χ3n) is 1.87. The molecule has 94 valence electrons. The SMILES string of the molecule is COc1ncc(COCCCOC(C)=O)cn1. The predicted molar refractivity (Wildman–Crippen MR) is 59.5 cm³/mol. The average Bonchev–Trinajstić information content (AvgIpc) is 2.34. The van der Waals surface area contributed by atoms with Crippen LogP contribution in [0.1, 0.15) is 18.9 Å². The minimum absolute atomic E-state index is 0.270. The Morgan fingerprint density at radius 3 is 2.59 bits per heavy atom. The van der Waals surface area contributed by atoms with E-state index < -0.39 is 0 Å². The molecule has 0 unspecified atom stereocenters. The van der Waals surface area contributed by atoms with Crippen LogP contribution in [0, 0.1) is 0 Å². The zero-order chi connectivity index (χ0) is 12.5. The summed E-state index contributed by atoms with van der Waals surface area (Å²) in [4.78, 5) is 18.4. The Morgan fingerprint density at radius 1 is 1.29 bits per heavy atom. The largest absolute Gasteiger partial charge is 0.467 e. The van der Waals surface area contributed by atoms with Gasteiger partial charge in [0.2, 0.25) is 0 Å². The smallest absolute Gasteiger partial charge is 0.316 e. The van der Waals surface area contributed by atoms with Crippen molar-refractivity contribution in [2.45, 2.75) is 20.0 Å². The molecular formula is C11H16N2O4. The van der Waals surface area contributed by atoms with Gasteiger partial charge >= 0.3 is 12.0 Å². The van der Waals surface area contributed by atoms with Crippen molar-refractivity contribution in [2.75, 3.05) is 20.3 Å². The van der Waals surface area contributed by atoms with E-state index in [1.165, 1.54) is 14.0 Å². The summed E-state index contributed by atoms with van der Waals surface area (Å²) < 4.78 is 15.0. The van der Waals surface area contributed by atoms with Crippen molar-refractivity contribution in [3.8, 4) is 6.01 Å². The normalized spacial score (nSPS) is 10.0. The highest BCUT2D eigenvalue weighted by Gasteiger charge is 1.98. The molecule has 0 atom stereocenters. The van der Waals surface area contributed by atoms with Gasteiger partial charge < -0.3 is 14.2 Å². The number of carbonyl (C=O) groups excluding carboxylic acids is 1. The zero-order valence-electron chi connectivity index (χ0n) is 10.0. The summed E-state index contributed by atoms with van der Waals surface area (Å²) in [6, 6.07) is 0.337. The van der Waals surface area contributed by atoms with Crippen LogP contribution in [0.3, 0.4) is 0 Å². The van der Waals surface area contributed by atoms with Crippen LogP contribution in [0.2, 0.25) is 0 Å². The number of nitrogens with zero attached hydrogens (tertiary/aromatic N) is 2. The number of ether oxygens (including phenoxy) is 3. The van der Waals surface area contributed by atoms with Gasteiger partial charge in [0.15, 0.2) is 0 Å². The maximum Gasteiger partial charge on any atom is 0.316 e. The van der Waals surface area contributed by atoms with Gasteiger partial charge in [0, 0.05) is 31.3 Å². The van der Waals surface area contributed by atoms with E-state index in [-0.39, 0.29) is 5.97 Å². The molecule has 0 bridgehead atoms. The second kappa shape index (κ2) is 7.56. The summed E-state index contributed by atoms with van der Waals surface area (Å²) in [6.45, 7) is 2.73. The summed E-state index contributed by atoms with van der Waals surface area (Å²) in [5.41, 5.74) is 0.873. The van der Waals surface area contributed by atoms with Crippen LogP contribution in [0.4, 0.5) is 0 Å². The monoisotopic (exact) mass is 240 g/mol. The molecule has 0 amide bonds. The van der Waals surface area contributed by atoms with Crippen molar-refractivity contribution in [3.05, 3.63) is 18.0 Å². The topological polar surface area (TPSA) is 70.5 Å². The van der Waals surface area contributed by atoms with Crippen molar-refractivity contribution < 1.29 is 19.0 Å². The molecule has 0 saturated heterocycles. The zero-order valence-corrected chi connectivity index (χ0v) is 10.0. The maximum absolute atomic E-state index is 10.5. The quantitative estimate of drug-likeness (QED) is 0.522. The molecule has 6 nitrogen and oxygen atoms in total. The van der Waals surface area contributed by atoms with Crippen molar-refractivity contribution in [2.24, 2.45) is 0 Å². The van der Waals surface area contributed by atoms with Gasteiger partial charge in [0.25, 0.3) is 0 Å². The number of carbonyl (C=O) groups is 1. The first-order valence-corrected chi connectivity index (χ1v) is 5.28. The lowest BCUT2D eigenvalue weighted by molar-refractivity contribution is -0.141. The van der Waals surface area contributed by atoms with Crippen molar-refractivity contribution in [1.29, 1.82) is 0 Å². The molecule has 17 heavy (non-hydrogen) atoms. The van der Waals surface area contributed by atoms with Gasteiger partial charge in [-0.3, -0.25) is 4.79 Å². The Morgan fingerprint density at radius 2 is 2.00 bits per heavy atom. The lowest BCUT2D eigenvalue weighted by atomic mass is 10.4. The number of rotatable bonds is 7. The van der Waals surface area contributed by atoms with Crippen molar-refractivity contribution in [1.82, 2.24) is 9.97 Å². The minimum atomic E-state index is -0.270. The number of methoxy groups -OCH3 is 1. The van der Waals surface area contributed by atoms with E-state index in [1.54, 1.807) is 12.4 Å². The fraction of sp³-hybridized carbons (Fsp3) is 0.545. The van der Waals surface area contributed by atoms with Gasteiger partial charge in [-0.05, 0) is 0 Å². The third-order valence-corrected chi connectivity index (χ3v) is 1.87. The lowest BCUT2D eigenvalue weighted by Gasteiger charge is -2.04. The molecule has 1 rings (SSSR count). The Hall–Kier alpha value is -1.69. The molecule has 6 heteroatoms. The number of hydrogen-bond donors (Lipinski definition) is 0. The van der Waals surface area contributed by atoms with E-state index in [4.69, 9.17) is 14.2 Å². The van der Waals surface area contributed by atoms with Gasteiger partial charge in [-0.15, -0.1) is 0 Å². The second-order valence-electron chi connectivity index (χ2n) is 3.32. The molecule has 0 fully saturated rings. The van der Waals surface area contributed by atoms with Gasteiger partial charge in [-0.25, -0.2) is 9.97 Å². The molecule has 0 aliphatic rings. The summed E-state index contributed by atoms with van der Waals surface area (Å²) >= 11 is 0. The van der Waals surface area contributed by atoms with Crippen LogP contribution in [0.5, 0.6) is 6.01 Å². The third kappa shape index (κ3) is 5.82. The summed E-state index contributed by atoms with van der Waals surface area (Å²) in [5.74, 6) is -0.270. The van der Waals surface area contributed by atoms with Gasteiger partial charge in [0.05, 0.1) is 26.9 Å². The molecule has 1 aromatic rings. The highest BCUT2D eigenvalue weighted by atomic mass is 16.5. The predicted octanol–water partition coefficient (Wildman–Crippen LogP) is 0.955. The van der Waals surface area contributed by atoms with Crippen LogP contribution >= 0.6 is 0 Å². The Labute approximate surface area is 99.9 Å². The molecule has 0 aromatic carbocycles. The Balaban J connectivity index is 2.11. The van der Waals surface area contributed by atoms with Crippen LogP contribution in [-0.4, -0.2) is 36.3 Å². The van der Waals surface area contributed by atoms with Gasteiger partial charge in [-0.1, -0.05) is 0 Å². The summed E-state index contributed by atoms with van der Waals surface area (Å²) in [7, 11) is 1.51. The molecule has 0 aliphatic carbocycles. The van der Waals surface area contributed by atoms with E-state index >= 15 is 0 Å². The average molecular weight is 240 g/mol. The first-order valence-electron chi connectivity index (χ1n) is 5.28. The van der Waals surface area contributed by atoms with Crippen LogP contribution in [0.25, 0.3) is 0 Å². The highest BCUT2D eigenvalue weighted by Crippen LogP contribution is 2.03. The van der Waals surface area contributed by atoms with E-state index in [1.807, 2.05) is 0 Å². The van der Waals surface area contributed by atoms with E-state index in [0.29, 0.717) is 32.3 Å². The fourth-order valence-corrected chi connectivity index (χ4v) is 1.09. The van der Waals surface area contributed by atoms with Gasteiger partial charge in [-0.2, -0.15) is 0 Å². The first kappa shape index (κ1) is 13.4. The standard InChI is InChI=1S/C11H16N2O4/c1-9(14)17-5-3-4-16-8-10-6-12-11(15-2)13-7-10/h6-7H,3-5,8H2,1-2H3. The van der Waals surface area contributed by atoms with E-state index in [0.717, 1.165) is 5.56 Å². The lowest BCUT2D eigenvalue weighted by Crippen LogP contribution is -2.04. The summed E-state index contributed by atoms with van der Waals surface area (Å²) in [6.07, 6.45) is 3.98. The van der Waals surface area contributed by atoms with Crippen LogP contribution in [0.15, 0.2) is 12.4 Å². The van der Waals surface area contributed by atoms with E-state index in [2.05, 4.69) is 9.97 Å². The van der Waals surface area contributed by atoms with Crippen molar-refractivity contribution >= 4 is 5.97 Å². The first-order chi connectivity index (χ1) is 8.22. The Kier molecular flexibility index (Phi) is 5.95. The summed E-state index contributed by atoms with van der Waals surface area (Å²) in [5, 5.41) is 0. The molecule has 0 aliphatic heterocycles. The minimum Gasteiger partial charge on any atom is -0.467 e. The Bertz CT molecular complexity index is 340.